The molecule has 0 aliphatic rings. The van der Waals surface area contributed by atoms with Gasteiger partial charge in [0.1, 0.15) is 0 Å². The maximum absolute atomic E-state index is 11.3. The van der Waals surface area contributed by atoms with E-state index in [1.165, 1.54) is 0 Å². The molecule has 0 saturated heterocycles. The van der Waals surface area contributed by atoms with E-state index in [-0.39, 0.29) is 6.42 Å². The van der Waals surface area contributed by atoms with Crippen LogP contribution in [0.15, 0.2) is 24.3 Å². The monoisotopic (exact) mass is 250 g/mol. The van der Waals surface area contributed by atoms with Crippen molar-refractivity contribution in [3.05, 3.63) is 35.4 Å². The fraction of sp³-hybridized carbons (Fsp3) is 0.429. The van der Waals surface area contributed by atoms with Gasteiger partial charge in [0.15, 0.2) is 0 Å². The molecule has 1 aromatic rings. The molecule has 0 saturated carbocycles. The summed E-state index contributed by atoms with van der Waals surface area (Å²) in [7, 11) is 0. The minimum Gasteiger partial charge on any atom is -0.481 e. The van der Waals surface area contributed by atoms with Crippen LogP contribution in [0.3, 0.4) is 0 Å². The van der Waals surface area contributed by atoms with Gasteiger partial charge in [0.05, 0.1) is 5.92 Å². The molecule has 1 unspecified atom stereocenters. The normalized spacial score (nSPS) is 12.1. The van der Waals surface area contributed by atoms with Crippen LogP contribution in [0.2, 0.25) is 0 Å². The van der Waals surface area contributed by atoms with Crippen molar-refractivity contribution in [1.29, 1.82) is 0 Å². The molecule has 18 heavy (non-hydrogen) atoms. The van der Waals surface area contributed by atoms with Crippen molar-refractivity contribution in [3.63, 3.8) is 0 Å². The minimum atomic E-state index is -0.868. The van der Waals surface area contributed by atoms with Gasteiger partial charge in [0, 0.05) is 6.42 Å². The van der Waals surface area contributed by atoms with Crippen molar-refractivity contribution in [3.8, 4) is 0 Å². The molecule has 0 radical (unpaired) electrons. The number of benzene rings is 1. The SMILES string of the molecule is CCCC(C(=O)O)c1ccccc1CCC(=O)O. The third-order valence-corrected chi connectivity index (χ3v) is 2.91. The first-order chi connectivity index (χ1) is 8.56. The van der Waals surface area contributed by atoms with Gasteiger partial charge < -0.3 is 10.2 Å². The minimum absolute atomic E-state index is 0.0233. The van der Waals surface area contributed by atoms with E-state index in [0.717, 1.165) is 17.5 Å². The topological polar surface area (TPSA) is 74.6 Å². The number of aryl methyl sites for hydroxylation is 1. The fourth-order valence-electron chi connectivity index (χ4n) is 2.04. The van der Waals surface area contributed by atoms with Crippen LogP contribution in [0.5, 0.6) is 0 Å². The van der Waals surface area contributed by atoms with E-state index < -0.39 is 17.9 Å². The summed E-state index contributed by atoms with van der Waals surface area (Å²) in [5, 5.41) is 17.9. The zero-order valence-electron chi connectivity index (χ0n) is 10.4. The van der Waals surface area contributed by atoms with E-state index in [0.29, 0.717) is 12.8 Å². The highest BCUT2D eigenvalue weighted by Crippen LogP contribution is 2.26. The third-order valence-electron chi connectivity index (χ3n) is 2.91. The molecular formula is C14H18O4. The summed E-state index contributed by atoms with van der Waals surface area (Å²) in [5.41, 5.74) is 1.56. The van der Waals surface area contributed by atoms with E-state index in [9.17, 15) is 14.7 Å². The standard InChI is InChI=1S/C14H18O4/c1-2-5-12(14(17)18)11-7-4-3-6-10(11)8-9-13(15)16/h3-4,6-7,12H,2,5,8-9H2,1H3,(H,15,16)(H,17,18). The van der Waals surface area contributed by atoms with Gasteiger partial charge in [-0.15, -0.1) is 0 Å². The lowest BCUT2D eigenvalue weighted by molar-refractivity contribution is -0.139. The molecule has 0 aliphatic carbocycles. The second kappa shape index (κ2) is 6.79. The number of rotatable bonds is 7. The van der Waals surface area contributed by atoms with Gasteiger partial charge in [0.25, 0.3) is 0 Å². The smallest absolute Gasteiger partial charge is 0.310 e. The van der Waals surface area contributed by atoms with Gasteiger partial charge in [-0.1, -0.05) is 37.6 Å². The Morgan fingerprint density at radius 1 is 1.22 bits per heavy atom. The average molecular weight is 250 g/mol. The first kappa shape index (κ1) is 14.2. The van der Waals surface area contributed by atoms with Crippen LogP contribution in [-0.2, 0) is 16.0 Å². The largest absolute Gasteiger partial charge is 0.481 e. The van der Waals surface area contributed by atoms with Crippen LogP contribution in [0.4, 0.5) is 0 Å². The van der Waals surface area contributed by atoms with E-state index in [2.05, 4.69) is 0 Å². The molecule has 0 aliphatic heterocycles. The number of carboxylic acid groups (broad SMARTS) is 2. The molecule has 0 fully saturated rings. The Balaban J connectivity index is 2.98. The molecule has 0 bridgehead atoms. The maximum atomic E-state index is 11.3. The average Bonchev–Trinajstić information content (AvgIpc) is 2.33. The molecule has 2 N–H and O–H groups in total. The van der Waals surface area contributed by atoms with E-state index in [1.54, 1.807) is 12.1 Å². The van der Waals surface area contributed by atoms with Gasteiger partial charge in [-0.2, -0.15) is 0 Å². The predicted octanol–water partition coefficient (Wildman–Crippen LogP) is 2.67. The zero-order valence-corrected chi connectivity index (χ0v) is 10.4. The summed E-state index contributed by atoms with van der Waals surface area (Å²) >= 11 is 0. The molecular weight excluding hydrogens is 232 g/mol. The highest BCUT2D eigenvalue weighted by Gasteiger charge is 2.21. The Kier molecular flexibility index (Phi) is 5.36. The van der Waals surface area contributed by atoms with Gasteiger partial charge >= 0.3 is 11.9 Å². The summed E-state index contributed by atoms with van der Waals surface area (Å²) in [6, 6.07) is 7.20. The molecule has 4 nitrogen and oxygen atoms in total. The molecule has 4 heteroatoms. The van der Waals surface area contributed by atoms with Crippen LogP contribution in [-0.4, -0.2) is 22.2 Å². The maximum Gasteiger partial charge on any atom is 0.310 e. The number of hydrogen-bond acceptors (Lipinski definition) is 2. The number of carboxylic acids is 2. The highest BCUT2D eigenvalue weighted by molar-refractivity contribution is 5.76. The molecule has 0 heterocycles. The summed E-state index contributed by atoms with van der Waals surface area (Å²) < 4.78 is 0. The highest BCUT2D eigenvalue weighted by atomic mass is 16.4. The number of carbonyl (C=O) groups is 2. The Morgan fingerprint density at radius 2 is 1.89 bits per heavy atom. The van der Waals surface area contributed by atoms with E-state index in [4.69, 9.17) is 5.11 Å². The summed E-state index contributed by atoms with van der Waals surface area (Å²) in [5.74, 6) is -2.26. The van der Waals surface area contributed by atoms with Crippen LogP contribution < -0.4 is 0 Å². The van der Waals surface area contributed by atoms with Gasteiger partial charge in [-0.3, -0.25) is 9.59 Å². The first-order valence-corrected chi connectivity index (χ1v) is 6.08. The van der Waals surface area contributed by atoms with Gasteiger partial charge in [-0.05, 0) is 24.0 Å². The quantitative estimate of drug-likeness (QED) is 0.780. The van der Waals surface area contributed by atoms with Crippen molar-refractivity contribution >= 4 is 11.9 Å². The Hall–Kier alpha value is -1.84. The van der Waals surface area contributed by atoms with Crippen molar-refractivity contribution in [2.24, 2.45) is 0 Å². The molecule has 98 valence electrons. The lowest BCUT2D eigenvalue weighted by atomic mass is 9.89. The van der Waals surface area contributed by atoms with Crippen molar-refractivity contribution in [2.45, 2.75) is 38.5 Å². The van der Waals surface area contributed by atoms with Gasteiger partial charge in [-0.25, -0.2) is 0 Å². The van der Waals surface area contributed by atoms with E-state index in [1.807, 2.05) is 19.1 Å². The molecule has 1 atom stereocenters. The van der Waals surface area contributed by atoms with Crippen molar-refractivity contribution in [2.75, 3.05) is 0 Å². The number of aliphatic carboxylic acids is 2. The predicted molar refractivity (Wildman–Crippen MR) is 67.7 cm³/mol. The lowest BCUT2D eigenvalue weighted by Gasteiger charge is -2.15. The van der Waals surface area contributed by atoms with E-state index >= 15 is 0 Å². The zero-order chi connectivity index (χ0) is 13.5. The van der Waals surface area contributed by atoms with Crippen LogP contribution in [0.25, 0.3) is 0 Å². The Morgan fingerprint density at radius 3 is 2.44 bits per heavy atom. The lowest BCUT2D eigenvalue weighted by Crippen LogP contribution is -2.14. The first-order valence-electron chi connectivity index (χ1n) is 6.08. The van der Waals surface area contributed by atoms with Crippen molar-refractivity contribution in [1.82, 2.24) is 0 Å². The molecule has 1 aromatic carbocycles. The fourth-order valence-corrected chi connectivity index (χ4v) is 2.04. The molecule has 0 amide bonds. The number of hydrogen-bond donors (Lipinski definition) is 2. The Labute approximate surface area is 106 Å². The van der Waals surface area contributed by atoms with Crippen LogP contribution in [0, 0.1) is 0 Å². The summed E-state index contributed by atoms with van der Waals surface area (Å²) in [6.45, 7) is 1.94. The van der Waals surface area contributed by atoms with Gasteiger partial charge in [0.2, 0.25) is 0 Å². The second-order valence-electron chi connectivity index (χ2n) is 4.27. The molecule has 0 spiro atoms. The van der Waals surface area contributed by atoms with Crippen LogP contribution >= 0.6 is 0 Å². The van der Waals surface area contributed by atoms with Crippen molar-refractivity contribution < 1.29 is 19.8 Å². The summed E-state index contributed by atoms with van der Waals surface area (Å²) in [6.07, 6.45) is 1.75. The summed E-state index contributed by atoms with van der Waals surface area (Å²) in [4.78, 5) is 21.9. The Bertz CT molecular complexity index is 426. The third kappa shape index (κ3) is 3.87. The molecule has 0 aromatic heterocycles. The second-order valence-corrected chi connectivity index (χ2v) is 4.27. The molecule has 1 rings (SSSR count). The van der Waals surface area contributed by atoms with Crippen LogP contribution in [0.1, 0.15) is 43.2 Å².